The molecule has 2 aromatic heterocycles. The number of carbonyl (C=O) groups excluding carboxylic acids is 1. The van der Waals surface area contributed by atoms with Crippen molar-refractivity contribution >= 4 is 33.3 Å². The van der Waals surface area contributed by atoms with Gasteiger partial charge in [-0.25, -0.2) is 9.97 Å². The number of anilines is 1. The number of likely N-dealkylation sites (N-methyl/N-ethyl adjacent to an activating group) is 1. The van der Waals surface area contributed by atoms with Gasteiger partial charge in [-0.15, -0.1) is 11.3 Å². The summed E-state index contributed by atoms with van der Waals surface area (Å²) >= 11 is 1.42. The number of hydrogen-bond acceptors (Lipinski definition) is 6. The Hall–Kier alpha value is -1.73. The van der Waals surface area contributed by atoms with Gasteiger partial charge in [-0.05, 0) is 26.6 Å². The number of nitrogens with zero attached hydrogens (tertiary/aromatic N) is 4. The van der Waals surface area contributed by atoms with E-state index in [0.717, 1.165) is 39.6 Å². The first kappa shape index (κ1) is 15.7. The van der Waals surface area contributed by atoms with E-state index in [1.165, 1.54) is 11.3 Å². The molecule has 0 aliphatic carbocycles. The summed E-state index contributed by atoms with van der Waals surface area (Å²) < 4.78 is 0. The van der Waals surface area contributed by atoms with Crippen LogP contribution in [0.5, 0.6) is 0 Å². The first-order valence-electron chi connectivity index (χ1n) is 6.76. The Labute approximate surface area is 128 Å². The van der Waals surface area contributed by atoms with Crippen LogP contribution in [0.25, 0.3) is 10.2 Å². The van der Waals surface area contributed by atoms with Gasteiger partial charge in [0, 0.05) is 27.2 Å². The SMILES string of the molecule is Cc1c(C(=O)N(C)C)sc2ncnc(NCCN(C)C)c12. The molecule has 0 radical (unpaired) electrons. The highest BCUT2D eigenvalue weighted by Crippen LogP contribution is 2.33. The summed E-state index contributed by atoms with van der Waals surface area (Å²) in [4.78, 5) is 26.1. The fourth-order valence-electron chi connectivity index (χ4n) is 2.01. The largest absolute Gasteiger partial charge is 0.368 e. The standard InChI is InChI=1S/C14H21N5OS/c1-9-10-12(15-6-7-18(2)3)16-8-17-13(10)21-11(9)14(20)19(4)5/h8H,6-7H2,1-5H3,(H,15,16,17). The molecule has 0 bridgehead atoms. The van der Waals surface area contributed by atoms with Gasteiger partial charge in [-0.2, -0.15) is 0 Å². The molecular formula is C14H21N5OS. The van der Waals surface area contributed by atoms with Crippen molar-refractivity contribution in [2.75, 3.05) is 46.6 Å². The predicted octanol–water partition coefficient (Wildman–Crippen LogP) is 1.68. The van der Waals surface area contributed by atoms with E-state index in [1.807, 2.05) is 21.0 Å². The van der Waals surface area contributed by atoms with E-state index in [-0.39, 0.29) is 5.91 Å². The van der Waals surface area contributed by atoms with Crippen LogP contribution in [0, 0.1) is 6.92 Å². The van der Waals surface area contributed by atoms with E-state index < -0.39 is 0 Å². The monoisotopic (exact) mass is 307 g/mol. The lowest BCUT2D eigenvalue weighted by Crippen LogP contribution is -2.21. The zero-order valence-corrected chi connectivity index (χ0v) is 13.9. The molecule has 1 N–H and O–H groups in total. The Morgan fingerprint density at radius 1 is 1.29 bits per heavy atom. The molecule has 0 saturated carbocycles. The molecule has 6 nitrogen and oxygen atoms in total. The van der Waals surface area contributed by atoms with Crippen LogP contribution in [0.4, 0.5) is 5.82 Å². The third kappa shape index (κ3) is 3.30. The van der Waals surface area contributed by atoms with Crippen molar-refractivity contribution in [2.45, 2.75) is 6.92 Å². The van der Waals surface area contributed by atoms with Crippen LogP contribution in [0.3, 0.4) is 0 Å². The number of aryl methyl sites for hydroxylation is 1. The van der Waals surface area contributed by atoms with Crippen LogP contribution in [0.15, 0.2) is 6.33 Å². The summed E-state index contributed by atoms with van der Waals surface area (Å²) in [7, 11) is 7.57. The van der Waals surface area contributed by atoms with Crippen molar-refractivity contribution in [1.29, 1.82) is 0 Å². The maximum atomic E-state index is 12.2. The summed E-state index contributed by atoms with van der Waals surface area (Å²) in [6.07, 6.45) is 1.54. The maximum Gasteiger partial charge on any atom is 0.263 e. The number of hydrogen-bond donors (Lipinski definition) is 1. The summed E-state index contributed by atoms with van der Waals surface area (Å²) in [6, 6.07) is 0. The fraction of sp³-hybridized carbons (Fsp3) is 0.500. The zero-order valence-electron chi connectivity index (χ0n) is 13.1. The van der Waals surface area contributed by atoms with Gasteiger partial charge in [0.25, 0.3) is 5.91 Å². The third-order valence-corrected chi connectivity index (χ3v) is 4.37. The smallest absolute Gasteiger partial charge is 0.263 e. The highest BCUT2D eigenvalue weighted by atomic mass is 32.1. The van der Waals surface area contributed by atoms with Gasteiger partial charge in [0.1, 0.15) is 17.0 Å². The van der Waals surface area contributed by atoms with Crippen molar-refractivity contribution in [1.82, 2.24) is 19.8 Å². The van der Waals surface area contributed by atoms with Crippen LogP contribution >= 0.6 is 11.3 Å². The molecule has 21 heavy (non-hydrogen) atoms. The lowest BCUT2D eigenvalue weighted by molar-refractivity contribution is 0.0831. The summed E-state index contributed by atoms with van der Waals surface area (Å²) in [5.74, 6) is 0.808. The average Bonchev–Trinajstić information content (AvgIpc) is 2.75. The highest BCUT2D eigenvalue weighted by molar-refractivity contribution is 7.20. The minimum atomic E-state index is 0.00902. The van der Waals surface area contributed by atoms with Crippen LogP contribution in [-0.2, 0) is 0 Å². The number of rotatable bonds is 5. The first-order valence-corrected chi connectivity index (χ1v) is 7.57. The molecule has 114 valence electrons. The van der Waals surface area contributed by atoms with Gasteiger partial charge in [-0.3, -0.25) is 4.79 Å². The van der Waals surface area contributed by atoms with Gasteiger partial charge >= 0.3 is 0 Å². The van der Waals surface area contributed by atoms with E-state index in [9.17, 15) is 4.79 Å². The number of nitrogens with one attached hydrogen (secondary N) is 1. The molecule has 0 aromatic carbocycles. The van der Waals surface area contributed by atoms with Gasteiger partial charge in [0.15, 0.2) is 0 Å². The Morgan fingerprint density at radius 3 is 2.62 bits per heavy atom. The Kier molecular flexibility index (Phi) is 4.74. The van der Waals surface area contributed by atoms with E-state index in [0.29, 0.717) is 0 Å². The van der Waals surface area contributed by atoms with Crippen LogP contribution in [0.1, 0.15) is 15.2 Å². The second-order valence-electron chi connectivity index (χ2n) is 5.39. The number of thiophene rings is 1. The minimum Gasteiger partial charge on any atom is -0.368 e. The lowest BCUT2D eigenvalue weighted by atomic mass is 10.2. The molecular weight excluding hydrogens is 286 g/mol. The number of amides is 1. The van der Waals surface area contributed by atoms with Crippen molar-refractivity contribution in [2.24, 2.45) is 0 Å². The van der Waals surface area contributed by atoms with E-state index in [1.54, 1.807) is 25.3 Å². The Morgan fingerprint density at radius 2 is 2.00 bits per heavy atom. The van der Waals surface area contributed by atoms with E-state index in [4.69, 9.17) is 0 Å². The minimum absolute atomic E-state index is 0.00902. The second kappa shape index (κ2) is 6.36. The number of aromatic nitrogens is 2. The van der Waals surface area contributed by atoms with Crippen molar-refractivity contribution in [3.63, 3.8) is 0 Å². The molecule has 0 aliphatic rings. The molecule has 0 fully saturated rings. The van der Waals surface area contributed by atoms with E-state index in [2.05, 4.69) is 20.2 Å². The molecule has 0 spiro atoms. The summed E-state index contributed by atoms with van der Waals surface area (Å²) in [5.41, 5.74) is 0.946. The molecule has 2 rings (SSSR count). The average molecular weight is 307 g/mol. The lowest BCUT2D eigenvalue weighted by Gasteiger charge is -2.11. The molecule has 0 unspecified atom stereocenters. The molecule has 1 amide bonds. The van der Waals surface area contributed by atoms with Crippen LogP contribution in [0.2, 0.25) is 0 Å². The third-order valence-electron chi connectivity index (χ3n) is 3.18. The molecule has 0 aliphatic heterocycles. The van der Waals surface area contributed by atoms with Gasteiger partial charge < -0.3 is 15.1 Å². The van der Waals surface area contributed by atoms with Crippen LogP contribution < -0.4 is 5.32 Å². The quantitative estimate of drug-likeness (QED) is 0.910. The topological polar surface area (TPSA) is 61.4 Å². The van der Waals surface area contributed by atoms with Gasteiger partial charge in [0.05, 0.1) is 10.3 Å². The maximum absolute atomic E-state index is 12.2. The molecule has 0 saturated heterocycles. The van der Waals surface area contributed by atoms with Crippen molar-refractivity contribution < 1.29 is 4.79 Å². The van der Waals surface area contributed by atoms with Gasteiger partial charge in [-0.1, -0.05) is 0 Å². The normalized spacial score (nSPS) is 11.1. The molecule has 0 atom stereocenters. The first-order chi connectivity index (χ1) is 9.91. The van der Waals surface area contributed by atoms with Crippen LogP contribution in [-0.4, -0.2) is 67.0 Å². The number of fused-ring (bicyclic) bond motifs is 1. The van der Waals surface area contributed by atoms with Gasteiger partial charge in [0.2, 0.25) is 0 Å². The number of carbonyl (C=O) groups is 1. The second-order valence-corrected chi connectivity index (χ2v) is 6.39. The van der Waals surface area contributed by atoms with E-state index >= 15 is 0 Å². The fourth-order valence-corrected chi connectivity index (χ4v) is 3.18. The zero-order chi connectivity index (χ0) is 15.6. The predicted molar refractivity (Wildman–Crippen MR) is 87.2 cm³/mol. The summed E-state index contributed by atoms with van der Waals surface area (Å²) in [5, 5.41) is 4.28. The molecule has 2 heterocycles. The summed E-state index contributed by atoms with van der Waals surface area (Å²) in [6.45, 7) is 3.67. The molecule has 2 aromatic rings. The highest BCUT2D eigenvalue weighted by Gasteiger charge is 2.20. The molecule has 7 heteroatoms. The van der Waals surface area contributed by atoms with Crippen molar-refractivity contribution in [3.05, 3.63) is 16.8 Å². The Bertz CT molecular complexity index is 650. The Balaban J connectivity index is 2.37. The van der Waals surface area contributed by atoms with Crippen molar-refractivity contribution in [3.8, 4) is 0 Å².